The predicted molar refractivity (Wildman–Crippen MR) is 74.9 cm³/mol. The van der Waals surface area contributed by atoms with Gasteiger partial charge in [0.1, 0.15) is 0 Å². The van der Waals surface area contributed by atoms with Gasteiger partial charge in [0.15, 0.2) is 0 Å². The predicted octanol–water partition coefficient (Wildman–Crippen LogP) is 4.80. The molecule has 1 aromatic carbocycles. The van der Waals surface area contributed by atoms with Crippen molar-refractivity contribution in [2.75, 3.05) is 0 Å². The third kappa shape index (κ3) is 2.46. The van der Waals surface area contributed by atoms with Crippen LogP contribution in [0.25, 0.3) is 10.9 Å². The van der Waals surface area contributed by atoms with Gasteiger partial charge in [-0.3, -0.25) is 4.98 Å². The number of halogens is 2. The zero-order valence-electron chi connectivity index (χ0n) is 9.85. The average Bonchev–Trinajstić information content (AvgIpc) is 2.25. The quantitative estimate of drug-likeness (QED) is 0.760. The zero-order chi connectivity index (χ0) is 12.6. The molecule has 0 aliphatic rings. The number of nitrogens with zero attached hydrogens (tertiary/aromatic N) is 1. The average molecular weight is 266 g/mol. The van der Waals surface area contributed by atoms with Crippen LogP contribution < -0.4 is 0 Å². The molecule has 3 heteroatoms. The van der Waals surface area contributed by atoms with E-state index in [1.807, 2.05) is 32.0 Å². The fourth-order valence-corrected chi connectivity index (χ4v) is 2.38. The number of hydrogen-bond donors (Lipinski definition) is 0. The maximum Gasteiger partial charge on any atom is 0.0720 e. The number of hydrogen-bond acceptors (Lipinski definition) is 1. The van der Waals surface area contributed by atoms with Crippen LogP contribution in [0.2, 0.25) is 5.02 Å². The molecule has 17 heavy (non-hydrogen) atoms. The lowest BCUT2D eigenvalue weighted by molar-refractivity contribution is 1.13. The molecule has 2 rings (SSSR count). The third-order valence-corrected chi connectivity index (χ3v) is 3.31. The van der Waals surface area contributed by atoms with Crippen molar-refractivity contribution < 1.29 is 0 Å². The maximum atomic E-state index is 6.42. The third-order valence-electron chi connectivity index (χ3n) is 2.75. The zero-order valence-corrected chi connectivity index (χ0v) is 11.4. The molecular weight excluding hydrogens is 253 g/mol. The van der Waals surface area contributed by atoms with Crippen LogP contribution in [0.5, 0.6) is 0 Å². The molecule has 1 aromatic heterocycles. The Kier molecular flexibility index (Phi) is 3.41. The van der Waals surface area contributed by atoms with E-state index >= 15 is 0 Å². The Balaban J connectivity index is 2.73. The second-order valence-corrected chi connectivity index (χ2v) is 5.12. The highest BCUT2D eigenvalue weighted by Crippen LogP contribution is 2.30. The number of rotatable bonds is 2. The van der Waals surface area contributed by atoms with Crippen LogP contribution in [0.1, 0.15) is 16.8 Å². The van der Waals surface area contributed by atoms with Crippen molar-refractivity contribution in [1.29, 1.82) is 0 Å². The number of aromatic nitrogens is 1. The summed E-state index contributed by atoms with van der Waals surface area (Å²) in [5, 5.41) is 2.28. The first-order chi connectivity index (χ1) is 7.99. The minimum atomic E-state index is 0.559. The Hall–Kier alpha value is -1.05. The van der Waals surface area contributed by atoms with Crippen LogP contribution in [-0.2, 0) is 6.42 Å². The van der Waals surface area contributed by atoms with Crippen LogP contribution >= 0.6 is 23.2 Å². The molecule has 2 aromatic rings. The summed E-state index contributed by atoms with van der Waals surface area (Å²) >= 11 is 12.3. The van der Waals surface area contributed by atoms with E-state index < -0.39 is 0 Å². The molecule has 0 unspecified atom stereocenters. The van der Waals surface area contributed by atoms with Gasteiger partial charge in [-0.1, -0.05) is 41.4 Å². The summed E-state index contributed by atoms with van der Waals surface area (Å²) in [5.74, 6) is 0. The van der Waals surface area contributed by atoms with E-state index in [0.29, 0.717) is 11.5 Å². The number of benzene rings is 1. The van der Waals surface area contributed by atoms with Crippen molar-refractivity contribution >= 4 is 34.1 Å². The monoisotopic (exact) mass is 265 g/mol. The molecular formula is C14H13Cl2N. The van der Waals surface area contributed by atoms with Gasteiger partial charge in [-0.15, -0.1) is 0 Å². The van der Waals surface area contributed by atoms with Gasteiger partial charge in [0, 0.05) is 22.5 Å². The molecule has 0 saturated carbocycles. The highest BCUT2D eigenvalue weighted by Gasteiger charge is 2.11. The molecule has 88 valence electrons. The van der Waals surface area contributed by atoms with Crippen LogP contribution in [0, 0.1) is 13.8 Å². The fraction of sp³-hybridized carbons (Fsp3) is 0.214. The van der Waals surface area contributed by atoms with Gasteiger partial charge in [0.05, 0.1) is 10.5 Å². The maximum absolute atomic E-state index is 6.42. The van der Waals surface area contributed by atoms with Gasteiger partial charge < -0.3 is 0 Å². The Labute approximate surface area is 111 Å². The van der Waals surface area contributed by atoms with Gasteiger partial charge >= 0.3 is 0 Å². The lowest BCUT2D eigenvalue weighted by Gasteiger charge is -2.10. The molecule has 0 spiro atoms. The fourth-order valence-electron chi connectivity index (χ4n) is 1.89. The Morgan fingerprint density at radius 1 is 1.35 bits per heavy atom. The first-order valence-corrected chi connectivity index (χ1v) is 6.13. The normalized spacial score (nSPS) is 10.8. The van der Waals surface area contributed by atoms with Crippen LogP contribution in [0.15, 0.2) is 29.8 Å². The van der Waals surface area contributed by atoms with Crippen molar-refractivity contribution in [3.05, 3.63) is 51.7 Å². The molecule has 0 atom stereocenters. The lowest BCUT2D eigenvalue weighted by Crippen LogP contribution is -1.96. The summed E-state index contributed by atoms with van der Waals surface area (Å²) in [5.41, 5.74) is 3.96. The molecule has 1 heterocycles. The van der Waals surface area contributed by atoms with Crippen molar-refractivity contribution in [1.82, 2.24) is 4.98 Å². The SMILES string of the molecule is C=C(Cl)Cc1c(C)nc2ccc(C)cc2c1Cl. The Bertz CT molecular complexity index is 603. The minimum Gasteiger partial charge on any atom is -0.253 e. The highest BCUT2D eigenvalue weighted by atomic mass is 35.5. The molecule has 0 aliphatic heterocycles. The van der Waals surface area contributed by atoms with E-state index in [-0.39, 0.29) is 0 Å². The summed E-state index contributed by atoms with van der Waals surface area (Å²) in [6.45, 7) is 7.69. The number of aryl methyl sites for hydroxylation is 2. The van der Waals surface area contributed by atoms with Crippen molar-refractivity contribution in [3.8, 4) is 0 Å². The molecule has 0 saturated heterocycles. The summed E-state index contributed by atoms with van der Waals surface area (Å²) < 4.78 is 0. The van der Waals surface area contributed by atoms with Gasteiger partial charge in [-0.25, -0.2) is 0 Å². The number of allylic oxidation sites excluding steroid dienone is 1. The van der Waals surface area contributed by atoms with Crippen molar-refractivity contribution in [2.24, 2.45) is 0 Å². The van der Waals surface area contributed by atoms with Crippen LogP contribution in [0.3, 0.4) is 0 Å². The molecule has 0 N–H and O–H groups in total. The second-order valence-electron chi connectivity index (χ2n) is 4.20. The number of fused-ring (bicyclic) bond motifs is 1. The van der Waals surface area contributed by atoms with E-state index in [2.05, 4.69) is 11.6 Å². The standard InChI is InChI=1S/C14H13Cl2N/c1-8-4-5-13-12(6-8)14(16)11(7-9(2)15)10(3)17-13/h4-6H,2,7H2,1,3H3. The molecule has 0 fully saturated rings. The molecule has 0 radical (unpaired) electrons. The Morgan fingerprint density at radius 2 is 2.06 bits per heavy atom. The number of pyridine rings is 1. The summed E-state index contributed by atoms with van der Waals surface area (Å²) in [6, 6.07) is 6.07. The van der Waals surface area contributed by atoms with Crippen LogP contribution in [-0.4, -0.2) is 4.98 Å². The van der Waals surface area contributed by atoms with Crippen LogP contribution in [0.4, 0.5) is 0 Å². The Morgan fingerprint density at radius 3 is 2.71 bits per heavy atom. The van der Waals surface area contributed by atoms with Gasteiger partial charge in [-0.05, 0) is 31.5 Å². The summed E-state index contributed by atoms with van der Waals surface area (Å²) in [6.07, 6.45) is 0.559. The summed E-state index contributed by atoms with van der Waals surface area (Å²) in [7, 11) is 0. The van der Waals surface area contributed by atoms with Crippen molar-refractivity contribution in [3.63, 3.8) is 0 Å². The highest BCUT2D eigenvalue weighted by molar-refractivity contribution is 6.36. The lowest BCUT2D eigenvalue weighted by atomic mass is 10.1. The van der Waals surface area contributed by atoms with Gasteiger partial charge in [0.2, 0.25) is 0 Å². The molecule has 0 amide bonds. The first kappa shape index (κ1) is 12.4. The minimum absolute atomic E-state index is 0.559. The molecule has 0 bridgehead atoms. The van der Waals surface area contributed by atoms with Gasteiger partial charge in [-0.2, -0.15) is 0 Å². The van der Waals surface area contributed by atoms with E-state index in [1.54, 1.807) is 0 Å². The van der Waals surface area contributed by atoms with E-state index in [4.69, 9.17) is 23.2 Å². The van der Waals surface area contributed by atoms with E-state index in [0.717, 1.165) is 27.2 Å². The smallest absolute Gasteiger partial charge is 0.0720 e. The first-order valence-electron chi connectivity index (χ1n) is 5.37. The van der Waals surface area contributed by atoms with Gasteiger partial charge in [0.25, 0.3) is 0 Å². The second kappa shape index (κ2) is 4.67. The topological polar surface area (TPSA) is 12.9 Å². The molecule has 0 aliphatic carbocycles. The summed E-state index contributed by atoms with van der Waals surface area (Å²) in [4.78, 5) is 4.55. The van der Waals surface area contributed by atoms with Crippen molar-refractivity contribution in [2.45, 2.75) is 20.3 Å². The van der Waals surface area contributed by atoms with E-state index in [1.165, 1.54) is 5.56 Å². The molecule has 1 nitrogen and oxygen atoms in total. The largest absolute Gasteiger partial charge is 0.253 e. The van der Waals surface area contributed by atoms with E-state index in [9.17, 15) is 0 Å².